The van der Waals surface area contributed by atoms with E-state index in [1.807, 2.05) is 10.8 Å². The smallest absolute Gasteiger partial charge is 0.261 e. The Labute approximate surface area is 240 Å². The Morgan fingerprint density at radius 2 is 1.98 bits per heavy atom. The van der Waals surface area contributed by atoms with Gasteiger partial charge in [-0.05, 0) is 43.4 Å². The number of carbonyl (C=O) groups is 1. The highest BCUT2D eigenvalue weighted by Crippen LogP contribution is 2.35. The summed E-state index contributed by atoms with van der Waals surface area (Å²) in [6.45, 7) is 1.17. The van der Waals surface area contributed by atoms with Crippen molar-refractivity contribution in [2.45, 2.75) is 38.8 Å². The minimum Gasteiger partial charge on any atom is -0.491 e. The van der Waals surface area contributed by atoms with Crippen LogP contribution in [0, 0.1) is 5.82 Å². The summed E-state index contributed by atoms with van der Waals surface area (Å²) < 4.78 is 39.2. The van der Waals surface area contributed by atoms with Gasteiger partial charge in [0.1, 0.15) is 11.1 Å². The summed E-state index contributed by atoms with van der Waals surface area (Å²) in [5.74, 6) is -0.546. The van der Waals surface area contributed by atoms with Crippen LogP contribution in [0.2, 0.25) is 0 Å². The molecular formula is C31H29FN4O6. The standard InChI is InChI=1S/C31H29FN4O6/c1-39-26-15-22-28(35-31(26)40-2)25(10-11-33-22)42-24-9-8-19(14-21(24)32)34-30(38)27-23-17-41-13-12-36(23)16-20(29(27)37)18-6-4-3-5-7-18/h6,8-11,14-16H,3-5,7,12-13,17H2,1-2H3,(H,34,38). The van der Waals surface area contributed by atoms with Crippen LogP contribution < -0.4 is 25.0 Å². The second-order valence-electron chi connectivity index (χ2n) is 9.99. The van der Waals surface area contributed by atoms with Crippen LogP contribution in [-0.4, -0.2) is 41.3 Å². The number of pyridine rings is 3. The third-order valence-corrected chi connectivity index (χ3v) is 7.40. The molecule has 0 bridgehead atoms. The molecule has 0 spiro atoms. The molecule has 10 nitrogen and oxygen atoms in total. The van der Waals surface area contributed by atoms with Crippen LogP contribution in [-0.2, 0) is 17.9 Å². The van der Waals surface area contributed by atoms with Gasteiger partial charge >= 0.3 is 0 Å². The van der Waals surface area contributed by atoms with Gasteiger partial charge in [-0.25, -0.2) is 9.37 Å². The Hall–Kier alpha value is -4.77. The van der Waals surface area contributed by atoms with E-state index in [9.17, 15) is 9.59 Å². The summed E-state index contributed by atoms with van der Waals surface area (Å²) in [7, 11) is 2.95. The van der Waals surface area contributed by atoms with Crippen molar-refractivity contribution in [3.63, 3.8) is 0 Å². The summed E-state index contributed by atoms with van der Waals surface area (Å²) in [6, 6.07) is 7.25. The summed E-state index contributed by atoms with van der Waals surface area (Å²) >= 11 is 0. The van der Waals surface area contributed by atoms with Crippen molar-refractivity contribution in [2.75, 3.05) is 26.1 Å². The van der Waals surface area contributed by atoms with E-state index in [4.69, 9.17) is 18.9 Å². The van der Waals surface area contributed by atoms with E-state index in [1.165, 1.54) is 32.5 Å². The van der Waals surface area contributed by atoms with Gasteiger partial charge in [0.15, 0.2) is 23.1 Å². The van der Waals surface area contributed by atoms with Gasteiger partial charge in [-0.1, -0.05) is 6.08 Å². The third kappa shape index (κ3) is 5.18. The lowest BCUT2D eigenvalue weighted by molar-refractivity contribution is 0.0807. The van der Waals surface area contributed by atoms with Crippen molar-refractivity contribution in [1.82, 2.24) is 14.5 Å². The molecule has 2 aliphatic rings. The molecule has 4 heterocycles. The van der Waals surface area contributed by atoms with E-state index in [0.29, 0.717) is 41.2 Å². The Morgan fingerprint density at radius 1 is 1.10 bits per heavy atom. The lowest BCUT2D eigenvalue weighted by Gasteiger charge is -2.24. The van der Waals surface area contributed by atoms with E-state index < -0.39 is 11.7 Å². The quantitative estimate of drug-likeness (QED) is 0.310. The number of hydrogen-bond acceptors (Lipinski definition) is 8. The van der Waals surface area contributed by atoms with Crippen LogP contribution in [0.3, 0.4) is 0 Å². The molecule has 0 saturated carbocycles. The second-order valence-corrected chi connectivity index (χ2v) is 9.99. The fraction of sp³-hybridized carbons (Fsp3) is 0.290. The zero-order valence-electron chi connectivity index (χ0n) is 23.2. The van der Waals surface area contributed by atoms with Gasteiger partial charge in [-0.3, -0.25) is 14.6 Å². The maximum absolute atomic E-state index is 15.3. The number of methoxy groups -OCH3 is 2. The zero-order chi connectivity index (χ0) is 29.2. The SMILES string of the molecule is COc1cc2nccc(Oc3ccc(NC(=O)c4c5n(cc(C6=CCCCC6)c4=O)CCOC5)cc3F)c2nc1OC. The van der Waals surface area contributed by atoms with Crippen molar-refractivity contribution < 1.29 is 28.1 Å². The van der Waals surface area contributed by atoms with Crippen molar-refractivity contribution in [3.05, 3.63) is 81.7 Å². The van der Waals surface area contributed by atoms with E-state index in [0.717, 1.165) is 37.3 Å². The number of anilines is 1. The topological polar surface area (TPSA) is 114 Å². The van der Waals surface area contributed by atoms with Crippen LogP contribution in [0.4, 0.5) is 10.1 Å². The van der Waals surface area contributed by atoms with Crippen LogP contribution in [0.25, 0.3) is 16.6 Å². The highest BCUT2D eigenvalue weighted by atomic mass is 19.1. The normalized spacial score (nSPS) is 14.6. The van der Waals surface area contributed by atoms with Crippen molar-refractivity contribution in [1.29, 1.82) is 0 Å². The molecule has 0 radical (unpaired) electrons. The van der Waals surface area contributed by atoms with Crippen LogP contribution in [0.1, 0.15) is 47.3 Å². The van der Waals surface area contributed by atoms with E-state index in [-0.39, 0.29) is 40.7 Å². The molecular weight excluding hydrogens is 543 g/mol. The molecule has 0 atom stereocenters. The van der Waals surface area contributed by atoms with E-state index >= 15 is 4.39 Å². The molecule has 216 valence electrons. The highest BCUT2D eigenvalue weighted by Gasteiger charge is 2.26. The van der Waals surface area contributed by atoms with Gasteiger partial charge in [0.2, 0.25) is 5.43 Å². The van der Waals surface area contributed by atoms with E-state index in [2.05, 4.69) is 21.4 Å². The number of nitrogens with one attached hydrogen (secondary N) is 1. The maximum atomic E-state index is 15.3. The van der Waals surface area contributed by atoms with Gasteiger partial charge in [0.05, 0.1) is 38.6 Å². The zero-order valence-corrected chi connectivity index (χ0v) is 23.2. The van der Waals surface area contributed by atoms with Crippen molar-refractivity contribution in [3.8, 4) is 23.1 Å². The number of allylic oxidation sites excluding steroid dienone is 2. The molecule has 1 N–H and O–H groups in total. The molecule has 0 fully saturated rings. The average molecular weight is 573 g/mol. The molecule has 3 aromatic heterocycles. The fourth-order valence-electron chi connectivity index (χ4n) is 5.29. The number of halogens is 1. The minimum atomic E-state index is -0.721. The predicted molar refractivity (Wildman–Crippen MR) is 154 cm³/mol. The van der Waals surface area contributed by atoms with Crippen molar-refractivity contribution >= 4 is 28.2 Å². The Kier molecular flexibility index (Phi) is 7.58. The van der Waals surface area contributed by atoms with Crippen LogP contribution >= 0.6 is 0 Å². The molecule has 1 amide bonds. The monoisotopic (exact) mass is 572 g/mol. The predicted octanol–water partition coefficient (Wildman–Crippen LogP) is 5.48. The molecule has 0 saturated heterocycles. The second kappa shape index (κ2) is 11.6. The maximum Gasteiger partial charge on any atom is 0.261 e. The van der Waals surface area contributed by atoms with Crippen molar-refractivity contribution in [2.24, 2.45) is 0 Å². The first-order chi connectivity index (χ1) is 20.5. The largest absolute Gasteiger partial charge is 0.491 e. The number of hydrogen-bond donors (Lipinski definition) is 1. The highest BCUT2D eigenvalue weighted by molar-refractivity contribution is 6.05. The molecule has 6 rings (SSSR count). The number of benzene rings is 1. The summed E-state index contributed by atoms with van der Waals surface area (Å²) in [4.78, 5) is 35.8. The molecule has 4 aromatic rings. The first-order valence-electron chi connectivity index (χ1n) is 13.7. The number of ether oxygens (including phenoxy) is 4. The molecule has 11 heteroatoms. The molecule has 0 unspecified atom stereocenters. The van der Waals surface area contributed by atoms with Gasteiger partial charge in [0, 0.05) is 48.4 Å². The van der Waals surface area contributed by atoms with E-state index in [1.54, 1.807) is 12.1 Å². The first kappa shape index (κ1) is 27.4. The number of amides is 1. The third-order valence-electron chi connectivity index (χ3n) is 7.40. The summed E-state index contributed by atoms with van der Waals surface area (Å²) in [5.41, 5.74) is 2.67. The van der Waals surface area contributed by atoms with Gasteiger partial charge in [-0.2, -0.15) is 0 Å². The summed E-state index contributed by atoms with van der Waals surface area (Å²) in [5, 5.41) is 2.69. The summed E-state index contributed by atoms with van der Waals surface area (Å²) in [6.07, 6.45) is 9.21. The Bertz CT molecular complexity index is 1780. The number of carbonyl (C=O) groups excluding carboxylic acids is 1. The molecule has 1 aromatic carbocycles. The van der Waals surface area contributed by atoms with Gasteiger partial charge in [-0.15, -0.1) is 0 Å². The molecule has 42 heavy (non-hydrogen) atoms. The van der Waals surface area contributed by atoms with Crippen LogP contribution in [0.15, 0.2) is 53.6 Å². The Balaban J connectivity index is 1.29. The Morgan fingerprint density at radius 3 is 2.74 bits per heavy atom. The molecule has 1 aliphatic heterocycles. The number of rotatable bonds is 7. The van der Waals surface area contributed by atoms with Gasteiger partial charge < -0.3 is 28.8 Å². The van der Waals surface area contributed by atoms with Gasteiger partial charge in [0.25, 0.3) is 11.8 Å². The lowest BCUT2D eigenvalue weighted by Crippen LogP contribution is -2.32. The number of nitrogens with zero attached hydrogens (tertiary/aromatic N) is 3. The number of aromatic nitrogens is 3. The average Bonchev–Trinajstić information content (AvgIpc) is 3.01. The minimum absolute atomic E-state index is 0.0121. The fourth-order valence-corrected chi connectivity index (χ4v) is 5.29. The first-order valence-corrected chi connectivity index (χ1v) is 13.7. The lowest BCUT2D eigenvalue weighted by atomic mass is 9.92. The molecule has 1 aliphatic carbocycles. The van der Waals surface area contributed by atoms with Crippen LogP contribution in [0.5, 0.6) is 23.1 Å². The number of fused-ring (bicyclic) bond motifs is 2.